The van der Waals surface area contributed by atoms with Crippen molar-refractivity contribution in [2.24, 2.45) is 5.10 Å². The van der Waals surface area contributed by atoms with E-state index in [0.29, 0.717) is 5.82 Å². The first-order valence-electron chi connectivity index (χ1n) is 5.31. The highest BCUT2D eigenvalue weighted by Crippen LogP contribution is 2.12. The van der Waals surface area contributed by atoms with E-state index in [-0.39, 0.29) is 5.82 Å². The normalized spacial score (nSPS) is 10.8. The predicted molar refractivity (Wildman–Crippen MR) is 70.7 cm³/mol. The summed E-state index contributed by atoms with van der Waals surface area (Å²) < 4.78 is 4.42. The summed E-state index contributed by atoms with van der Waals surface area (Å²) in [7, 11) is 3.98. The van der Waals surface area contributed by atoms with Crippen LogP contribution in [-0.2, 0) is 0 Å². The third-order valence-corrected chi connectivity index (χ3v) is 2.31. The van der Waals surface area contributed by atoms with Gasteiger partial charge in [-0.05, 0) is 28.0 Å². The van der Waals surface area contributed by atoms with Crippen molar-refractivity contribution in [3.8, 4) is 0 Å². The highest BCUT2D eigenvalue weighted by molar-refractivity contribution is 5.81. The Hall–Kier alpha value is -2.57. The van der Waals surface area contributed by atoms with Gasteiger partial charge in [-0.3, -0.25) is 5.43 Å². The molecule has 2 aromatic rings. The number of hydrazone groups is 1. The van der Waals surface area contributed by atoms with Crippen LogP contribution >= 0.6 is 0 Å². The molecule has 0 saturated carbocycles. The lowest BCUT2D eigenvalue weighted by Crippen LogP contribution is -2.08. The number of hydrogen-bond acceptors (Lipinski definition) is 7. The van der Waals surface area contributed by atoms with Gasteiger partial charge in [0.2, 0.25) is 11.6 Å². The van der Waals surface area contributed by atoms with Gasteiger partial charge in [0.1, 0.15) is 0 Å². The summed E-state index contributed by atoms with van der Waals surface area (Å²) in [5.41, 5.74) is 10.2. The average molecular weight is 246 g/mol. The molecule has 1 heterocycles. The van der Waals surface area contributed by atoms with Gasteiger partial charge in [-0.15, -0.1) is 0 Å². The molecule has 1 aromatic carbocycles. The van der Waals surface area contributed by atoms with Gasteiger partial charge < -0.3 is 10.6 Å². The summed E-state index contributed by atoms with van der Waals surface area (Å²) in [5.74, 6) is 0.478. The molecular weight excluding hydrogens is 232 g/mol. The van der Waals surface area contributed by atoms with Crippen molar-refractivity contribution in [1.29, 1.82) is 0 Å². The third kappa shape index (κ3) is 2.76. The molecule has 7 heteroatoms. The van der Waals surface area contributed by atoms with Crippen molar-refractivity contribution in [3.05, 3.63) is 29.8 Å². The second-order valence-corrected chi connectivity index (χ2v) is 3.85. The first-order chi connectivity index (χ1) is 8.66. The summed E-state index contributed by atoms with van der Waals surface area (Å²) in [6, 6.07) is 7.94. The SMILES string of the molecule is CN(C)c1ccc(/C=N\Nc2nonc2N)cc1. The number of nitrogens with zero attached hydrogens (tertiary/aromatic N) is 4. The van der Waals surface area contributed by atoms with Gasteiger partial charge >= 0.3 is 0 Å². The van der Waals surface area contributed by atoms with E-state index < -0.39 is 0 Å². The van der Waals surface area contributed by atoms with Gasteiger partial charge in [-0.2, -0.15) is 5.10 Å². The Kier molecular flexibility index (Phi) is 3.42. The van der Waals surface area contributed by atoms with Crippen molar-refractivity contribution in [2.75, 3.05) is 30.2 Å². The molecule has 2 rings (SSSR count). The summed E-state index contributed by atoms with van der Waals surface area (Å²) in [6.07, 6.45) is 1.66. The van der Waals surface area contributed by atoms with Crippen LogP contribution in [0.1, 0.15) is 5.56 Å². The molecule has 0 aliphatic rings. The highest BCUT2D eigenvalue weighted by atomic mass is 16.6. The number of nitrogens with two attached hydrogens (primary N) is 1. The lowest BCUT2D eigenvalue weighted by atomic mass is 10.2. The van der Waals surface area contributed by atoms with Crippen molar-refractivity contribution >= 4 is 23.5 Å². The van der Waals surface area contributed by atoms with Gasteiger partial charge in [0.05, 0.1) is 6.21 Å². The van der Waals surface area contributed by atoms with Crippen LogP contribution in [0, 0.1) is 0 Å². The van der Waals surface area contributed by atoms with E-state index in [2.05, 4.69) is 25.5 Å². The molecule has 0 saturated heterocycles. The average Bonchev–Trinajstić information content (AvgIpc) is 2.76. The van der Waals surface area contributed by atoms with Crippen LogP contribution in [0.4, 0.5) is 17.3 Å². The number of aromatic nitrogens is 2. The molecule has 0 amide bonds. The molecular formula is C11H14N6O. The Morgan fingerprint density at radius 1 is 1.28 bits per heavy atom. The minimum absolute atomic E-state index is 0.176. The van der Waals surface area contributed by atoms with Gasteiger partial charge in [0.15, 0.2) is 0 Å². The second-order valence-electron chi connectivity index (χ2n) is 3.85. The molecule has 0 spiro atoms. The molecule has 0 atom stereocenters. The first-order valence-corrected chi connectivity index (χ1v) is 5.31. The van der Waals surface area contributed by atoms with E-state index >= 15 is 0 Å². The van der Waals surface area contributed by atoms with E-state index in [0.717, 1.165) is 11.3 Å². The monoisotopic (exact) mass is 246 g/mol. The van der Waals surface area contributed by atoms with Gasteiger partial charge in [-0.1, -0.05) is 12.1 Å². The maximum absolute atomic E-state index is 5.46. The lowest BCUT2D eigenvalue weighted by Gasteiger charge is -2.11. The molecule has 0 radical (unpaired) electrons. The molecule has 0 aliphatic carbocycles. The second kappa shape index (κ2) is 5.17. The van der Waals surface area contributed by atoms with Crippen LogP contribution in [0.25, 0.3) is 0 Å². The van der Waals surface area contributed by atoms with E-state index in [4.69, 9.17) is 5.73 Å². The first kappa shape index (κ1) is 11.9. The molecule has 0 bridgehead atoms. The molecule has 1 aromatic heterocycles. The van der Waals surface area contributed by atoms with Crippen LogP contribution in [0.3, 0.4) is 0 Å². The fraction of sp³-hybridized carbons (Fsp3) is 0.182. The smallest absolute Gasteiger partial charge is 0.235 e. The van der Waals surface area contributed by atoms with Crippen LogP contribution < -0.4 is 16.1 Å². The van der Waals surface area contributed by atoms with Crippen molar-refractivity contribution in [3.63, 3.8) is 0 Å². The van der Waals surface area contributed by atoms with E-state index in [1.807, 2.05) is 43.3 Å². The Morgan fingerprint density at radius 3 is 2.56 bits per heavy atom. The van der Waals surface area contributed by atoms with Crippen LogP contribution in [0.2, 0.25) is 0 Å². The number of benzene rings is 1. The summed E-state index contributed by atoms with van der Waals surface area (Å²) in [4.78, 5) is 2.03. The maximum Gasteiger partial charge on any atom is 0.235 e. The van der Waals surface area contributed by atoms with Gasteiger partial charge in [0, 0.05) is 19.8 Å². The van der Waals surface area contributed by atoms with Gasteiger partial charge in [-0.25, -0.2) is 4.63 Å². The van der Waals surface area contributed by atoms with Crippen LogP contribution in [0.15, 0.2) is 34.0 Å². The summed E-state index contributed by atoms with van der Waals surface area (Å²) in [6.45, 7) is 0. The minimum Gasteiger partial charge on any atom is -0.378 e. The zero-order valence-electron chi connectivity index (χ0n) is 10.2. The van der Waals surface area contributed by atoms with Crippen LogP contribution in [-0.4, -0.2) is 30.6 Å². The molecule has 0 fully saturated rings. The standard InChI is InChI=1S/C11H14N6O/c1-17(2)9-5-3-8(4-6-9)7-13-14-11-10(12)15-18-16-11/h3-7H,1-2H3,(H2,12,15)(H,14,16)/b13-7-. The molecule has 3 N–H and O–H groups in total. The maximum atomic E-state index is 5.46. The number of nitrogen functional groups attached to an aromatic ring is 1. The topological polar surface area (TPSA) is 92.6 Å². The molecule has 94 valence electrons. The van der Waals surface area contributed by atoms with E-state index in [9.17, 15) is 0 Å². The third-order valence-electron chi connectivity index (χ3n) is 2.31. The zero-order valence-corrected chi connectivity index (χ0v) is 10.2. The van der Waals surface area contributed by atoms with Gasteiger partial charge in [0.25, 0.3) is 0 Å². The summed E-state index contributed by atoms with van der Waals surface area (Å²) in [5, 5.41) is 11.0. The largest absolute Gasteiger partial charge is 0.378 e. The Labute approximate surface area is 104 Å². The molecule has 18 heavy (non-hydrogen) atoms. The highest BCUT2D eigenvalue weighted by Gasteiger charge is 2.02. The van der Waals surface area contributed by atoms with E-state index in [1.165, 1.54) is 0 Å². The van der Waals surface area contributed by atoms with Crippen LogP contribution in [0.5, 0.6) is 0 Å². The number of rotatable bonds is 4. The Balaban J connectivity index is 1.99. The molecule has 0 aliphatic heterocycles. The minimum atomic E-state index is 0.176. The fourth-order valence-corrected chi connectivity index (χ4v) is 1.30. The van der Waals surface area contributed by atoms with Crippen molar-refractivity contribution < 1.29 is 4.63 Å². The Bertz CT molecular complexity index is 531. The number of anilines is 3. The quantitative estimate of drug-likeness (QED) is 0.621. The summed E-state index contributed by atoms with van der Waals surface area (Å²) >= 11 is 0. The van der Waals surface area contributed by atoms with Crippen molar-refractivity contribution in [1.82, 2.24) is 10.3 Å². The fourth-order valence-electron chi connectivity index (χ4n) is 1.30. The number of nitrogens with one attached hydrogen (secondary N) is 1. The molecule has 0 unspecified atom stereocenters. The zero-order chi connectivity index (χ0) is 13.0. The van der Waals surface area contributed by atoms with E-state index in [1.54, 1.807) is 6.21 Å². The number of hydrogen-bond donors (Lipinski definition) is 2. The van der Waals surface area contributed by atoms with Crippen molar-refractivity contribution in [2.45, 2.75) is 0 Å². The molecule has 7 nitrogen and oxygen atoms in total. The lowest BCUT2D eigenvalue weighted by molar-refractivity contribution is 0.310. The predicted octanol–water partition coefficient (Wildman–Crippen LogP) is 1.16. The Morgan fingerprint density at radius 2 is 2.00 bits per heavy atom.